The fourth-order valence-electron chi connectivity index (χ4n) is 3.60. The summed E-state index contributed by atoms with van der Waals surface area (Å²) in [5.41, 5.74) is -0.772. The first-order valence-electron chi connectivity index (χ1n) is 10.1. The number of pyridine rings is 2. The van der Waals surface area contributed by atoms with Crippen LogP contribution in [0.15, 0.2) is 92.6 Å². The first-order valence-corrected chi connectivity index (χ1v) is 11.9. The number of hydrogen-bond donors (Lipinski definition) is 1. The quantitative estimate of drug-likeness (QED) is 0.392. The Hall–Kier alpha value is -4.02. The zero-order valence-corrected chi connectivity index (χ0v) is 20.1. The van der Waals surface area contributed by atoms with Crippen molar-refractivity contribution in [2.45, 2.75) is 9.79 Å². The average molecular weight is 515 g/mol. The highest BCUT2D eigenvalue weighted by atomic mass is 35.5. The van der Waals surface area contributed by atoms with Gasteiger partial charge in [0.15, 0.2) is 0 Å². The zero-order valence-electron chi connectivity index (χ0n) is 18.5. The van der Waals surface area contributed by atoms with Crippen molar-refractivity contribution in [1.29, 1.82) is 0 Å². The smallest absolute Gasteiger partial charge is 0.255 e. The second-order valence-electron chi connectivity index (χ2n) is 7.34. The van der Waals surface area contributed by atoms with Crippen molar-refractivity contribution in [2.24, 2.45) is 0 Å². The Morgan fingerprint density at radius 2 is 1.49 bits per heavy atom. The molecular formula is C24H19ClN2O7S. The van der Waals surface area contributed by atoms with Gasteiger partial charge in [0.2, 0.25) is 15.3 Å². The van der Waals surface area contributed by atoms with Crippen molar-refractivity contribution < 1.29 is 23.1 Å². The Morgan fingerprint density at radius 1 is 0.857 bits per heavy atom. The minimum atomic E-state index is -4.37. The van der Waals surface area contributed by atoms with Gasteiger partial charge in [-0.15, -0.1) is 0 Å². The van der Waals surface area contributed by atoms with Gasteiger partial charge in [0.1, 0.15) is 16.4 Å². The molecule has 0 fully saturated rings. The lowest BCUT2D eigenvalue weighted by atomic mass is 10.0. The van der Waals surface area contributed by atoms with E-state index >= 15 is 0 Å². The van der Waals surface area contributed by atoms with E-state index in [0.717, 1.165) is 12.4 Å². The van der Waals surface area contributed by atoms with E-state index in [9.17, 15) is 23.2 Å². The molecule has 2 aromatic carbocycles. The molecule has 0 amide bonds. The van der Waals surface area contributed by atoms with Crippen LogP contribution in [-0.4, -0.2) is 37.1 Å². The molecule has 0 saturated carbocycles. The van der Waals surface area contributed by atoms with E-state index in [0.29, 0.717) is 15.4 Å². The molecule has 4 rings (SSSR count). The van der Waals surface area contributed by atoms with Crippen molar-refractivity contribution in [3.8, 4) is 28.3 Å². The van der Waals surface area contributed by atoms with Crippen molar-refractivity contribution in [3.05, 3.63) is 98.8 Å². The van der Waals surface area contributed by atoms with Gasteiger partial charge in [-0.2, -0.15) is 4.73 Å². The maximum absolute atomic E-state index is 13.4. The van der Waals surface area contributed by atoms with Crippen LogP contribution in [-0.2, 0) is 9.84 Å². The summed E-state index contributed by atoms with van der Waals surface area (Å²) in [6.45, 7) is 0. The van der Waals surface area contributed by atoms with Crippen LogP contribution < -0.4 is 20.5 Å². The molecule has 0 bridgehead atoms. The Labute approximate surface area is 204 Å². The SMILES string of the molecule is COc1cccc(OC)c1-c1cn(O)cc(S(=O)(=O)c2ccc(-n3cc(Cl)ccc3=O)cc2)c1=O. The Balaban J connectivity index is 1.86. The van der Waals surface area contributed by atoms with E-state index in [1.807, 2.05) is 0 Å². The van der Waals surface area contributed by atoms with E-state index in [4.69, 9.17) is 21.1 Å². The van der Waals surface area contributed by atoms with Crippen LogP contribution in [0.2, 0.25) is 5.02 Å². The number of aromatic nitrogens is 2. The van der Waals surface area contributed by atoms with Crippen LogP contribution in [0.5, 0.6) is 11.5 Å². The molecule has 9 nitrogen and oxygen atoms in total. The second-order valence-corrected chi connectivity index (χ2v) is 9.69. The lowest BCUT2D eigenvalue weighted by Gasteiger charge is -2.14. The van der Waals surface area contributed by atoms with Gasteiger partial charge in [-0.25, -0.2) is 8.42 Å². The lowest BCUT2D eigenvalue weighted by molar-refractivity contribution is 0.182. The number of hydrogen-bond acceptors (Lipinski definition) is 7. The van der Waals surface area contributed by atoms with Gasteiger partial charge in [0, 0.05) is 18.0 Å². The van der Waals surface area contributed by atoms with Crippen LogP contribution in [0.25, 0.3) is 16.8 Å². The van der Waals surface area contributed by atoms with Crippen LogP contribution in [0.4, 0.5) is 0 Å². The zero-order chi connectivity index (χ0) is 25.3. The Morgan fingerprint density at radius 3 is 2.09 bits per heavy atom. The molecule has 0 aliphatic rings. The molecule has 0 atom stereocenters. The number of sulfone groups is 1. The van der Waals surface area contributed by atoms with Gasteiger partial charge >= 0.3 is 0 Å². The number of nitrogens with zero attached hydrogens (tertiary/aromatic N) is 2. The molecule has 4 aromatic rings. The largest absolute Gasteiger partial charge is 0.496 e. The Bertz CT molecular complexity index is 1620. The fourth-order valence-corrected chi connectivity index (χ4v) is 5.11. The number of ether oxygens (including phenoxy) is 2. The van der Waals surface area contributed by atoms with E-state index in [-0.39, 0.29) is 33.1 Å². The molecular weight excluding hydrogens is 496 g/mol. The second kappa shape index (κ2) is 9.32. The summed E-state index contributed by atoms with van der Waals surface area (Å²) in [5.74, 6) is 0.514. The fraction of sp³-hybridized carbons (Fsp3) is 0.0833. The molecule has 35 heavy (non-hydrogen) atoms. The van der Waals surface area contributed by atoms with Gasteiger partial charge in [-0.1, -0.05) is 17.7 Å². The minimum absolute atomic E-state index is 0.134. The molecule has 0 spiro atoms. The van der Waals surface area contributed by atoms with Gasteiger partial charge < -0.3 is 14.7 Å². The monoisotopic (exact) mass is 514 g/mol. The van der Waals surface area contributed by atoms with E-state index < -0.39 is 20.2 Å². The summed E-state index contributed by atoms with van der Waals surface area (Å²) in [7, 11) is -1.58. The number of halogens is 1. The highest BCUT2D eigenvalue weighted by Crippen LogP contribution is 2.37. The number of methoxy groups -OCH3 is 2. The Kier molecular flexibility index (Phi) is 6.42. The topological polar surface area (TPSA) is 117 Å². The van der Waals surface area contributed by atoms with Crippen LogP contribution in [0.3, 0.4) is 0 Å². The first-order chi connectivity index (χ1) is 16.7. The van der Waals surface area contributed by atoms with Crippen molar-refractivity contribution >= 4 is 21.4 Å². The van der Waals surface area contributed by atoms with Gasteiger partial charge in [-0.05, 0) is 42.5 Å². The van der Waals surface area contributed by atoms with E-state index in [1.54, 1.807) is 18.2 Å². The summed E-state index contributed by atoms with van der Waals surface area (Å²) in [4.78, 5) is 24.6. The first kappa shape index (κ1) is 24.1. The average Bonchev–Trinajstić information content (AvgIpc) is 2.86. The maximum atomic E-state index is 13.4. The van der Waals surface area contributed by atoms with Crippen LogP contribution in [0, 0.1) is 0 Å². The molecule has 0 aliphatic heterocycles. The predicted molar refractivity (Wildman–Crippen MR) is 129 cm³/mol. The number of rotatable bonds is 6. The number of benzene rings is 2. The van der Waals surface area contributed by atoms with Crippen molar-refractivity contribution in [3.63, 3.8) is 0 Å². The predicted octanol–water partition coefficient (Wildman–Crippen LogP) is 3.41. The summed E-state index contributed by atoms with van der Waals surface area (Å²) < 4.78 is 39.2. The standard InChI is InChI=1S/C24H19ClN2O7S/c1-33-19-4-3-5-20(34-2)23(19)18-13-26(30)14-21(24(18)29)35(31,32)17-9-7-16(8-10-17)27-12-15(25)6-11-22(27)28/h3-14,30H,1-2H3. The normalized spacial score (nSPS) is 11.3. The van der Waals surface area contributed by atoms with Gasteiger partial charge in [0.25, 0.3) is 5.56 Å². The summed E-state index contributed by atoms with van der Waals surface area (Å²) in [5, 5.41) is 10.6. The third-order valence-electron chi connectivity index (χ3n) is 5.27. The molecule has 2 aromatic heterocycles. The molecule has 180 valence electrons. The molecule has 0 unspecified atom stereocenters. The van der Waals surface area contributed by atoms with Crippen LogP contribution >= 0.6 is 11.6 Å². The molecule has 11 heteroatoms. The highest BCUT2D eigenvalue weighted by Gasteiger charge is 2.26. The van der Waals surface area contributed by atoms with Crippen LogP contribution in [0.1, 0.15) is 0 Å². The van der Waals surface area contributed by atoms with E-state index in [2.05, 4.69) is 0 Å². The summed E-state index contributed by atoms with van der Waals surface area (Å²) in [6, 6.07) is 12.9. The summed E-state index contributed by atoms with van der Waals surface area (Å²) in [6.07, 6.45) is 3.30. The minimum Gasteiger partial charge on any atom is -0.496 e. The van der Waals surface area contributed by atoms with Gasteiger partial charge in [-0.3, -0.25) is 14.2 Å². The van der Waals surface area contributed by atoms with Crippen molar-refractivity contribution in [2.75, 3.05) is 14.2 Å². The molecule has 0 saturated heterocycles. The molecule has 2 heterocycles. The third kappa shape index (κ3) is 4.41. The molecule has 0 aliphatic carbocycles. The molecule has 0 radical (unpaired) electrons. The highest BCUT2D eigenvalue weighted by molar-refractivity contribution is 7.91. The lowest BCUT2D eigenvalue weighted by Crippen LogP contribution is -2.20. The van der Waals surface area contributed by atoms with Crippen molar-refractivity contribution in [1.82, 2.24) is 9.30 Å². The van der Waals surface area contributed by atoms with Gasteiger partial charge in [0.05, 0.1) is 47.7 Å². The summed E-state index contributed by atoms with van der Waals surface area (Å²) >= 11 is 5.96. The third-order valence-corrected chi connectivity index (χ3v) is 7.25. The molecule has 1 N–H and O–H groups in total. The maximum Gasteiger partial charge on any atom is 0.255 e. The van der Waals surface area contributed by atoms with E-state index in [1.165, 1.54) is 61.4 Å².